The molecule has 0 aliphatic heterocycles. The van der Waals surface area contributed by atoms with Gasteiger partial charge >= 0.3 is 5.97 Å². The topological polar surface area (TPSA) is 79.3 Å². The van der Waals surface area contributed by atoms with E-state index in [1.807, 2.05) is 18.2 Å². The van der Waals surface area contributed by atoms with E-state index in [0.717, 1.165) is 27.5 Å². The maximum absolute atomic E-state index is 12.4. The maximum atomic E-state index is 12.4. The standard InChI is InChI=1S/C15H15BrN2O3S/c16-8-5-6-11-12(7-8)22-15(17-11)18-13(19)9-3-1-2-4-10(9)14(20)21/h5-7,9-10H,1-4H2,(H,20,21)(H,17,18,19)/t9-,10+/m1/s1. The van der Waals surface area contributed by atoms with Gasteiger partial charge in [-0.2, -0.15) is 0 Å². The Kier molecular flexibility index (Phi) is 4.44. The lowest BCUT2D eigenvalue weighted by Gasteiger charge is -2.26. The number of carboxylic acids is 1. The summed E-state index contributed by atoms with van der Waals surface area (Å²) in [5, 5.41) is 12.6. The summed E-state index contributed by atoms with van der Waals surface area (Å²) < 4.78 is 1.93. The molecule has 0 radical (unpaired) electrons. The number of carboxylic acid groups (broad SMARTS) is 1. The van der Waals surface area contributed by atoms with Crippen molar-refractivity contribution in [2.45, 2.75) is 25.7 Å². The predicted octanol–water partition coefficient (Wildman–Crippen LogP) is 3.89. The van der Waals surface area contributed by atoms with Crippen LogP contribution in [-0.2, 0) is 9.59 Å². The average Bonchev–Trinajstić information content (AvgIpc) is 2.88. The van der Waals surface area contributed by atoms with E-state index in [-0.39, 0.29) is 5.91 Å². The summed E-state index contributed by atoms with van der Waals surface area (Å²) in [5.41, 5.74) is 0.821. The van der Waals surface area contributed by atoms with E-state index >= 15 is 0 Å². The molecular formula is C15H15BrN2O3S. The van der Waals surface area contributed by atoms with Gasteiger partial charge in [-0.05, 0) is 31.0 Å². The highest BCUT2D eigenvalue weighted by atomic mass is 79.9. The lowest BCUT2D eigenvalue weighted by Crippen LogP contribution is -2.36. The molecule has 0 saturated heterocycles. The zero-order valence-corrected chi connectivity index (χ0v) is 14.1. The van der Waals surface area contributed by atoms with Crippen LogP contribution in [0.1, 0.15) is 25.7 Å². The third-order valence-electron chi connectivity index (χ3n) is 4.00. The normalized spacial score (nSPS) is 21.7. The van der Waals surface area contributed by atoms with Crippen LogP contribution in [0, 0.1) is 11.8 Å². The van der Waals surface area contributed by atoms with Crippen LogP contribution in [-0.4, -0.2) is 22.0 Å². The third kappa shape index (κ3) is 3.15. The highest BCUT2D eigenvalue weighted by molar-refractivity contribution is 9.10. The Bertz CT molecular complexity index is 731. The van der Waals surface area contributed by atoms with Gasteiger partial charge in [0.05, 0.1) is 22.1 Å². The number of nitrogens with one attached hydrogen (secondary N) is 1. The van der Waals surface area contributed by atoms with Gasteiger partial charge in [-0.15, -0.1) is 0 Å². The van der Waals surface area contributed by atoms with Crippen LogP contribution in [0.15, 0.2) is 22.7 Å². The molecule has 3 rings (SSSR count). The quantitative estimate of drug-likeness (QED) is 0.843. The van der Waals surface area contributed by atoms with Gasteiger partial charge < -0.3 is 10.4 Å². The fourth-order valence-corrected chi connectivity index (χ4v) is 4.31. The first-order chi connectivity index (χ1) is 10.5. The smallest absolute Gasteiger partial charge is 0.307 e. The van der Waals surface area contributed by atoms with E-state index in [1.165, 1.54) is 11.3 Å². The second-order valence-corrected chi connectivity index (χ2v) is 7.40. The summed E-state index contributed by atoms with van der Waals surface area (Å²) in [4.78, 5) is 28.1. The molecule has 1 aliphatic rings. The van der Waals surface area contributed by atoms with Crippen LogP contribution < -0.4 is 5.32 Å². The van der Waals surface area contributed by atoms with Gasteiger partial charge in [0, 0.05) is 4.47 Å². The number of carbonyl (C=O) groups excluding carboxylic acids is 1. The van der Waals surface area contributed by atoms with E-state index in [0.29, 0.717) is 18.0 Å². The van der Waals surface area contributed by atoms with Crippen molar-refractivity contribution in [3.63, 3.8) is 0 Å². The van der Waals surface area contributed by atoms with E-state index < -0.39 is 17.8 Å². The van der Waals surface area contributed by atoms with Gasteiger partial charge in [0.1, 0.15) is 0 Å². The van der Waals surface area contributed by atoms with Crippen molar-refractivity contribution in [2.75, 3.05) is 5.32 Å². The second-order valence-electron chi connectivity index (χ2n) is 5.46. The number of amides is 1. The summed E-state index contributed by atoms with van der Waals surface area (Å²) in [7, 11) is 0. The number of hydrogen-bond acceptors (Lipinski definition) is 4. The Morgan fingerprint density at radius 1 is 1.27 bits per heavy atom. The van der Waals surface area contributed by atoms with Gasteiger partial charge in [0.15, 0.2) is 5.13 Å². The first kappa shape index (κ1) is 15.4. The number of aliphatic carboxylic acids is 1. The number of carbonyl (C=O) groups is 2. The zero-order valence-electron chi connectivity index (χ0n) is 11.7. The summed E-state index contributed by atoms with van der Waals surface area (Å²) >= 11 is 4.80. The van der Waals surface area contributed by atoms with E-state index in [2.05, 4.69) is 26.2 Å². The fraction of sp³-hybridized carbons (Fsp3) is 0.400. The molecular weight excluding hydrogens is 368 g/mol. The van der Waals surface area contributed by atoms with Crippen molar-refractivity contribution in [3.8, 4) is 0 Å². The summed E-state index contributed by atoms with van der Waals surface area (Å²) in [6, 6.07) is 5.73. The third-order valence-corrected chi connectivity index (χ3v) is 5.43. The monoisotopic (exact) mass is 382 g/mol. The maximum Gasteiger partial charge on any atom is 0.307 e. The Labute approximate surface area is 139 Å². The second kappa shape index (κ2) is 6.34. The molecule has 1 saturated carbocycles. The van der Waals surface area contributed by atoms with Crippen molar-refractivity contribution < 1.29 is 14.7 Å². The van der Waals surface area contributed by atoms with Gasteiger partial charge in [-0.25, -0.2) is 4.98 Å². The van der Waals surface area contributed by atoms with Crippen LogP contribution in [0.3, 0.4) is 0 Å². The minimum atomic E-state index is -0.881. The molecule has 1 aromatic heterocycles. The Morgan fingerprint density at radius 2 is 2.00 bits per heavy atom. The minimum Gasteiger partial charge on any atom is -0.481 e. The van der Waals surface area contributed by atoms with Crippen LogP contribution in [0.2, 0.25) is 0 Å². The molecule has 2 aromatic rings. The fourth-order valence-electron chi connectivity index (χ4n) is 2.89. The molecule has 1 aliphatic carbocycles. The van der Waals surface area contributed by atoms with Crippen LogP contribution in [0.4, 0.5) is 5.13 Å². The van der Waals surface area contributed by atoms with Crippen LogP contribution in [0.5, 0.6) is 0 Å². The van der Waals surface area contributed by atoms with E-state index in [9.17, 15) is 14.7 Å². The number of fused-ring (bicyclic) bond motifs is 1. The number of halogens is 1. The van der Waals surface area contributed by atoms with Crippen LogP contribution in [0.25, 0.3) is 10.2 Å². The first-order valence-electron chi connectivity index (χ1n) is 7.14. The molecule has 116 valence electrons. The number of hydrogen-bond donors (Lipinski definition) is 2. The Balaban J connectivity index is 1.78. The van der Waals surface area contributed by atoms with Crippen molar-refractivity contribution >= 4 is 54.5 Å². The first-order valence-corrected chi connectivity index (χ1v) is 8.75. The SMILES string of the molecule is O=C(O)[C@H]1CCCC[C@H]1C(=O)Nc1nc2ccc(Br)cc2s1. The largest absolute Gasteiger partial charge is 0.481 e. The molecule has 7 heteroatoms. The van der Waals surface area contributed by atoms with Gasteiger partial charge in [0.2, 0.25) is 5.91 Å². The molecule has 1 aromatic carbocycles. The molecule has 2 atom stereocenters. The van der Waals surface area contributed by atoms with Crippen molar-refractivity contribution in [1.29, 1.82) is 0 Å². The Morgan fingerprint density at radius 3 is 2.73 bits per heavy atom. The molecule has 1 heterocycles. The summed E-state index contributed by atoms with van der Waals surface area (Å²) in [6.45, 7) is 0. The van der Waals surface area contributed by atoms with Crippen molar-refractivity contribution in [3.05, 3.63) is 22.7 Å². The lowest BCUT2D eigenvalue weighted by molar-refractivity contribution is -0.147. The molecule has 2 N–H and O–H groups in total. The number of rotatable bonds is 3. The Hall–Kier alpha value is -1.47. The number of nitrogens with zero attached hydrogens (tertiary/aromatic N) is 1. The highest BCUT2D eigenvalue weighted by Crippen LogP contribution is 2.33. The molecule has 1 amide bonds. The van der Waals surface area contributed by atoms with Crippen molar-refractivity contribution in [1.82, 2.24) is 4.98 Å². The molecule has 0 unspecified atom stereocenters. The molecule has 0 spiro atoms. The number of anilines is 1. The van der Waals surface area contributed by atoms with Gasteiger partial charge in [0.25, 0.3) is 0 Å². The van der Waals surface area contributed by atoms with Crippen molar-refractivity contribution in [2.24, 2.45) is 11.8 Å². The number of benzene rings is 1. The molecule has 5 nitrogen and oxygen atoms in total. The number of thiazole rings is 1. The molecule has 1 fully saturated rings. The van der Waals surface area contributed by atoms with Crippen LogP contribution >= 0.6 is 27.3 Å². The summed E-state index contributed by atoms with van der Waals surface area (Å²) in [5.74, 6) is -2.17. The van der Waals surface area contributed by atoms with Gasteiger partial charge in [-0.1, -0.05) is 40.1 Å². The van der Waals surface area contributed by atoms with E-state index in [1.54, 1.807) is 0 Å². The average molecular weight is 383 g/mol. The van der Waals surface area contributed by atoms with Gasteiger partial charge in [-0.3, -0.25) is 9.59 Å². The minimum absolute atomic E-state index is 0.231. The molecule has 0 bridgehead atoms. The molecule has 22 heavy (non-hydrogen) atoms. The predicted molar refractivity (Wildman–Crippen MR) is 89.0 cm³/mol. The van der Waals surface area contributed by atoms with E-state index in [4.69, 9.17) is 0 Å². The summed E-state index contributed by atoms with van der Waals surface area (Å²) in [6.07, 6.45) is 2.96. The zero-order chi connectivity index (χ0) is 15.7. The lowest BCUT2D eigenvalue weighted by atomic mass is 9.79. The number of aromatic nitrogens is 1. The highest BCUT2D eigenvalue weighted by Gasteiger charge is 2.35.